The Hall–Kier alpha value is -2.78. The van der Waals surface area contributed by atoms with E-state index in [0.29, 0.717) is 42.5 Å². The predicted octanol–water partition coefficient (Wildman–Crippen LogP) is 3.22. The fourth-order valence-corrected chi connectivity index (χ4v) is 3.51. The van der Waals surface area contributed by atoms with Crippen molar-refractivity contribution in [2.24, 2.45) is 0 Å². The highest BCUT2D eigenvalue weighted by Gasteiger charge is 2.27. The number of carbonyl (C=O) groups is 1. The molecule has 0 radical (unpaired) electrons. The molecule has 1 heterocycles. The van der Waals surface area contributed by atoms with Gasteiger partial charge in [0.15, 0.2) is 5.11 Å². The van der Waals surface area contributed by atoms with Gasteiger partial charge in [-0.05, 0) is 42.5 Å². The number of thiocarbonyl (C=S) groups is 1. The van der Waals surface area contributed by atoms with Gasteiger partial charge in [0.25, 0.3) is 11.6 Å². The number of carbonyl (C=O) groups excluding carboxylic acids is 1. The van der Waals surface area contributed by atoms with Crippen molar-refractivity contribution in [3.63, 3.8) is 0 Å². The van der Waals surface area contributed by atoms with Crippen LogP contribution >= 0.6 is 23.8 Å². The molecule has 1 aliphatic rings. The summed E-state index contributed by atoms with van der Waals surface area (Å²) in [6.45, 7) is 1.84. The summed E-state index contributed by atoms with van der Waals surface area (Å²) >= 11 is 11.5. The molecule has 1 aliphatic heterocycles. The van der Waals surface area contributed by atoms with E-state index in [4.69, 9.17) is 23.8 Å². The predicted molar refractivity (Wildman–Crippen MR) is 108 cm³/mol. The minimum Gasteiger partial charge on any atom is -0.361 e. The second kappa shape index (κ2) is 8.49. The maximum Gasteiger partial charge on any atom is 0.294 e. The Morgan fingerprint density at radius 2 is 1.79 bits per heavy atom. The van der Waals surface area contributed by atoms with Crippen molar-refractivity contribution < 1.29 is 14.1 Å². The van der Waals surface area contributed by atoms with Gasteiger partial charge in [0, 0.05) is 37.8 Å². The maximum absolute atomic E-state index is 13.0. The number of amides is 1. The van der Waals surface area contributed by atoms with Crippen molar-refractivity contribution in [3.05, 3.63) is 69.0 Å². The van der Waals surface area contributed by atoms with Crippen LogP contribution in [0.25, 0.3) is 0 Å². The summed E-state index contributed by atoms with van der Waals surface area (Å²) in [6.07, 6.45) is 0. The fourth-order valence-electron chi connectivity index (χ4n) is 2.95. The maximum atomic E-state index is 13.0. The molecule has 0 aliphatic carbocycles. The number of halogens is 2. The molecule has 0 unspecified atom stereocenters. The number of piperazine rings is 1. The van der Waals surface area contributed by atoms with Crippen molar-refractivity contribution in [1.82, 2.24) is 10.2 Å². The molecule has 10 heteroatoms. The lowest BCUT2D eigenvalue weighted by atomic mass is 10.2. The molecule has 1 N–H and O–H groups in total. The molecule has 2 aromatic carbocycles. The smallest absolute Gasteiger partial charge is 0.294 e. The number of anilines is 1. The van der Waals surface area contributed by atoms with Gasteiger partial charge in [-0.2, -0.15) is 0 Å². The summed E-state index contributed by atoms with van der Waals surface area (Å²) < 4.78 is 13.0. The Bertz CT molecular complexity index is 918. The van der Waals surface area contributed by atoms with Crippen molar-refractivity contribution in [3.8, 4) is 0 Å². The van der Waals surface area contributed by atoms with Gasteiger partial charge in [-0.25, -0.2) is 4.39 Å². The second-order valence-corrected chi connectivity index (χ2v) is 6.90. The zero-order chi connectivity index (χ0) is 20.3. The van der Waals surface area contributed by atoms with E-state index in [1.807, 2.05) is 4.90 Å². The first-order chi connectivity index (χ1) is 13.4. The van der Waals surface area contributed by atoms with Gasteiger partial charge in [-0.3, -0.25) is 20.2 Å². The van der Waals surface area contributed by atoms with Crippen LogP contribution in [0.2, 0.25) is 5.02 Å². The molecule has 3 rings (SSSR count). The summed E-state index contributed by atoms with van der Waals surface area (Å²) in [5, 5.41) is 14.5. The Morgan fingerprint density at radius 3 is 2.39 bits per heavy atom. The molecule has 0 bridgehead atoms. The fraction of sp³-hybridized carbons (Fsp3) is 0.222. The standard InChI is InChI=1S/C18H16ClFN4O3S/c19-14-2-1-3-15(24(26)27)16(14)22-8-10-23(11-9-22)18(28)21-17(25)12-4-6-13(20)7-5-12/h1-7H,8-11H2,(H,21,25,28). The number of nitrogens with one attached hydrogen (secondary N) is 1. The van der Waals surface area contributed by atoms with E-state index in [0.717, 1.165) is 0 Å². The van der Waals surface area contributed by atoms with Gasteiger partial charge in [0.05, 0.1) is 9.95 Å². The Kier molecular flexibility index (Phi) is 6.05. The minimum absolute atomic E-state index is 0.0480. The molecule has 0 aromatic heterocycles. The molecule has 1 fully saturated rings. The van der Waals surface area contributed by atoms with Crippen LogP contribution in [-0.4, -0.2) is 47.0 Å². The summed E-state index contributed by atoms with van der Waals surface area (Å²) in [4.78, 5) is 26.7. The largest absolute Gasteiger partial charge is 0.361 e. The first-order valence-electron chi connectivity index (χ1n) is 8.40. The number of rotatable bonds is 3. The number of nitrogens with zero attached hydrogens (tertiary/aromatic N) is 3. The molecule has 0 spiro atoms. The summed E-state index contributed by atoms with van der Waals surface area (Å²) in [7, 11) is 0. The molecule has 28 heavy (non-hydrogen) atoms. The molecule has 2 aromatic rings. The van der Waals surface area contributed by atoms with Crippen molar-refractivity contribution in [2.45, 2.75) is 0 Å². The molecule has 0 saturated carbocycles. The van der Waals surface area contributed by atoms with Gasteiger partial charge in [-0.15, -0.1) is 0 Å². The van der Waals surface area contributed by atoms with Crippen molar-refractivity contribution in [1.29, 1.82) is 0 Å². The zero-order valence-corrected chi connectivity index (χ0v) is 16.2. The lowest BCUT2D eigenvalue weighted by Gasteiger charge is -2.37. The van der Waals surface area contributed by atoms with Crippen LogP contribution in [0.1, 0.15) is 10.4 Å². The number of para-hydroxylation sites is 1. The van der Waals surface area contributed by atoms with Crippen LogP contribution in [0.4, 0.5) is 15.8 Å². The molecule has 0 atom stereocenters. The molecular weight excluding hydrogens is 407 g/mol. The van der Waals surface area contributed by atoms with Crippen molar-refractivity contribution >= 4 is 46.2 Å². The number of hydrogen-bond donors (Lipinski definition) is 1. The third kappa shape index (κ3) is 4.37. The van der Waals surface area contributed by atoms with Gasteiger partial charge >= 0.3 is 0 Å². The number of nitro benzene ring substituents is 1. The van der Waals surface area contributed by atoms with Gasteiger partial charge in [0.1, 0.15) is 11.5 Å². The topological polar surface area (TPSA) is 78.7 Å². The van der Waals surface area contributed by atoms with Crippen LogP contribution in [-0.2, 0) is 0 Å². The summed E-state index contributed by atoms with van der Waals surface area (Å²) in [5.41, 5.74) is 0.636. The average Bonchev–Trinajstić information content (AvgIpc) is 2.68. The van der Waals surface area contributed by atoms with Crippen LogP contribution in [0.5, 0.6) is 0 Å². The summed E-state index contributed by atoms with van der Waals surface area (Å²) in [6, 6.07) is 9.73. The van der Waals surface area contributed by atoms with Crippen LogP contribution in [0.15, 0.2) is 42.5 Å². The van der Waals surface area contributed by atoms with Crippen LogP contribution < -0.4 is 10.2 Å². The Labute approximate surface area is 170 Å². The lowest BCUT2D eigenvalue weighted by molar-refractivity contribution is -0.384. The quantitative estimate of drug-likeness (QED) is 0.465. The molecule has 146 valence electrons. The van der Waals surface area contributed by atoms with E-state index in [2.05, 4.69) is 5.32 Å². The molecule has 1 saturated heterocycles. The monoisotopic (exact) mass is 422 g/mol. The highest BCUT2D eigenvalue weighted by molar-refractivity contribution is 7.80. The van der Waals surface area contributed by atoms with Crippen LogP contribution in [0, 0.1) is 15.9 Å². The zero-order valence-electron chi connectivity index (χ0n) is 14.6. The van der Waals surface area contributed by atoms with E-state index in [1.165, 1.54) is 30.3 Å². The highest BCUT2D eigenvalue weighted by Crippen LogP contribution is 2.35. The summed E-state index contributed by atoms with van der Waals surface area (Å²) in [5.74, 6) is -0.849. The normalized spacial score (nSPS) is 13.9. The van der Waals surface area contributed by atoms with E-state index in [-0.39, 0.29) is 10.8 Å². The second-order valence-electron chi connectivity index (χ2n) is 6.10. The minimum atomic E-state index is -0.457. The number of hydrogen-bond acceptors (Lipinski definition) is 5. The van der Waals surface area contributed by atoms with E-state index >= 15 is 0 Å². The van der Waals surface area contributed by atoms with E-state index in [1.54, 1.807) is 17.0 Å². The average molecular weight is 423 g/mol. The first-order valence-corrected chi connectivity index (χ1v) is 9.19. The third-order valence-corrected chi connectivity index (χ3v) is 5.04. The number of benzene rings is 2. The SMILES string of the molecule is O=C(NC(=S)N1CCN(c2c(Cl)cccc2[N+](=O)[O-])CC1)c1ccc(F)cc1. The van der Waals surface area contributed by atoms with Crippen molar-refractivity contribution in [2.75, 3.05) is 31.1 Å². The molecule has 1 amide bonds. The van der Waals surface area contributed by atoms with Gasteiger partial charge in [-0.1, -0.05) is 17.7 Å². The van der Waals surface area contributed by atoms with Gasteiger partial charge < -0.3 is 9.80 Å². The Balaban J connectivity index is 1.63. The highest BCUT2D eigenvalue weighted by atomic mass is 35.5. The third-order valence-electron chi connectivity index (χ3n) is 4.37. The Morgan fingerprint density at radius 1 is 1.14 bits per heavy atom. The van der Waals surface area contributed by atoms with E-state index in [9.17, 15) is 19.3 Å². The first kappa shape index (κ1) is 20.0. The molecular formula is C18H16ClFN4O3S. The van der Waals surface area contributed by atoms with E-state index < -0.39 is 16.6 Å². The number of nitro groups is 1. The lowest BCUT2D eigenvalue weighted by Crippen LogP contribution is -2.52. The van der Waals surface area contributed by atoms with Crippen LogP contribution in [0.3, 0.4) is 0 Å². The van der Waals surface area contributed by atoms with Gasteiger partial charge in [0.2, 0.25) is 0 Å². The molecule has 7 nitrogen and oxygen atoms in total.